The lowest BCUT2D eigenvalue weighted by molar-refractivity contribution is 0.586. The minimum atomic E-state index is 0.175. The van der Waals surface area contributed by atoms with Crippen molar-refractivity contribution in [2.45, 2.75) is 52.3 Å². The van der Waals surface area contributed by atoms with Crippen molar-refractivity contribution in [1.82, 2.24) is 4.98 Å². The minimum Gasteiger partial charge on any atom is -0.256 e. The smallest absolute Gasteiger partial charge is 0.185 e. The highest BCUT2D eigenvalue weighted by molar-refractivity contribution is 7.10. The number of nitrogens with zero attached hydrogens (tertiary/aromatic N) is 1. The van der Waals surface area contributed by atoms with Gasteiger partial charge in [-0.1, -0.05) is 46.9 Å². The first-order valence-corrected chi connectivity index (χ1v) is 5.88. The summed E-state index contributed by atoms with van der Waals surface area (Å²) in [4.78, 5) is 4.63. The van der Waals surface area contributed by atoms with E-state index in [1.165, 1.54) is 5.01 Å². The Morgan fingerprint density at radius 3 is 2.07 bits per heavy atom. The fourth-order valence-electron chi connectivity index (χ4n) is 1.14. The molecule has 14 heavy (non-hydrogen) atoms. The third kappa shape index (κ3) is 3.45. The fraction of sp³-hybridized carbons (Fsp3) is 0.727. The third-order valence-electron chi connectivity index (χ3n) is 1.74. The second kappa shape index (κ2) is 3.69. The second-order valence-electron chi connectivity index (χ2n) is 5.84. The van der Waals surface area contributed by atoms with Gasteiger partial charge in [-0.25, -0.2) is 0 Å². The van der Waals surface area contributed by atoms with E-state index in [0.717, 1.165) is 5.59 Å². The van der Waals surface area contributed by atoms with Crippen LogP contribution >= 0.6 is 11.3 Å². The van der Waals surface area contributed by atoms with Crippen molar-refractivity contribution >= 4 is 24.2 Å². The average Bonchev–Trinajstić information content (AvgIpc) is 2.29. The van der Waals surface area contributed by atoms with Crippen molar-refractivity contribution in [3.63, 3.8) is 0 Å². The molecule has 0 spiro atoms. The zero-order valence-electron chi connectivity index (χ0n) is 10.0. The molecule has 0 aliphatic carbocycles. The topological polar surface area (TPSA) is 12.9 Å². The van der Waals surface area contributed by atoms with Crippen molar-refractivity contribution in [1.29, 1.82) is 0 Å². The molecule has 0 saturated carbocycles. The zero-order chi connectivity index (χ0) is 11.0. The van der Waals surface area contributed by atoms with Crippen LogP contribution in [-0.4, -0.2) is 12.3 Å². The normalized spacial score (nSPS) is 13.0. The predicted octanol–water partition coefficient (Wildman–Crippen LogP) is 2.99. The van der Waals surface area contributed by atoms with Gasteiger partial charge in [-0.3, -0.25) is 4.98 Å². The van der Waals surface area contributed by atoms with Crippen molar-refractivity contribution in [2.75, 3.05) is 0 Å². The lowest BCUT2D eigenvalue weighted by Crippen LogP contribution is -2.25. The summed E-state index contributed by atoms with van der Waals surface area (Å²) in [5.41, 5.74) is 1.29. The van der Waals surface area contributed by atoms with Crippen LogP contribution in [0.5, 0.6) is 0 Å². The fourth-order valence-corrected chi connectivity index (χ4v) is 2.01. The van der Waals surface area contributed by atoms with Gasteiger partial charge in [-0.2, -0.15) is 0 Å². The minimum absolute atomic E-state index is 0.175. The first kappa shape index (κ1) is 11.8. The lowest BCUT2D eigenvalue weighted by Gasteiger charge is -2.16. The highest BCUT2D eigenvalue weighted by Crippen LogP contribution is 2.24. The molecule has 0 bridgehead atoms. The maximum Gasteiger partial charge on any atom is 0.185 e. The van der Waals surface area contributed by atoms with E-state index in [-0.39, 0.29) is 10.7 Å². The van der Waals surface area contributed by atoms with E-state index >= 15 is 0 Å². The molecule has 1 rings (SSSR count). The molecule has 1 aromatic rings. The van der Waals surface area contributed by atoms with Crippen molar-refractivity contribution < 1.29 is 0 Å². The quantitative estimate of drug-likeness (QED) is 0.646. The predicted molar refractivity (Wildman–Crippen MR) is 65.9 cm³/mol. The van der Waals surface area contributed by atoms with Gasteiger partial charge in [-0.05, 0) is 0 Å². The SMILES string of the molecule is CC(C)(C)[B]c1csc(C(C)(C)C)n1. The molecule has 3 heteroatoms. The summed E-state index contributed by atoms with van der Waals surface area (Å²) in [5, 5.41) is 3.57. The largest absolute Gasteiger partial charge is 0.256 e. The summed E-state index contributed by atoms with van der Waals surface area (Å²) in [7, 11) is 2.22. The van der Waals surface area contributed by atoms with Crippen LogP contribution in [-0.2, 0) is 5.41 Å². The molecule has 0 aliphatic rings. The number of hydrogen-bond acceptors (Lipinski definition) is 2. The molecular weight excluding hydrogens is 189 g/mol. The van der Waals surface area contributed by atoms with Gasteiger partial charge in [0.05, 0.1) is 5.01 Å². The maximum absolute atomic E-state index is 4.63. The van der Waals surface area contributed by atoms with Gasteiger partial charge >= 0.3 is 0 Å². The van der Waals surface area contributed by atoms with E-state index in [0.29, 0.717) is 0 Å². The van der Waals surface area contributed by atoms with Gasteiger partial charge in [0.15, 0.2) is 7.28 Å². The molecule has 0 atom stereocenters. The first-order chi connectivity index (χ1) is 6.18. The van der Waals surface area contributed by atoms with Gasteiger partial charge in [0.2, 0.25) is 0 Å². The zero-order valence-corrected chi connectivity index (χ0v) is 10.8. The number of aromatic nitrogens is 1. The summed E-state index contributed by atoms with van der Waals surface area (Å²) in [6, 6.07) is 0. The van der Waals surface area contributed by atoms with Crippen molar-refractivity contribution in [2.24, 2.45) is 0 Å². The van der Waals surface area contributed by atoms with E-state index < -0.39 is 0 Å². The molecule has 0 N–H and O–H groups in total. The maximum atomic E-state index is 4.63. The molecule has 0 aromatic carbocycles. The molecule has 1 heterocycles. The van der Waals surface area contributed by atoms with Crippen LogP contribution in [0, 0.1) is 0 Å². The lowest BCUT2D eigenvalue weighted by atomic mass is 9.53. The van der Waals surface area contributed by atoms with E-state index in [1.54, 1.807) is 11.3 Å². The van der Waals surface area contributed by atoms with Crippen LogP contribution in [0.3, 0.4) is 0 Å². The Bertz CT molecular complexity index is 304. The van der Waals surface area contributed by atoms with Crippen LogP contribution in [0.1, 0.15) is 46.6 Å². The van der Waals surface area contributed by atoms with E-state index in [4.69, 9.17) is 0 Å². The Labute approximate surface area is 92.2 Å². The monoisotopic (exact) mass is 208 g/mol. The van der Waals surface area contributed by atoms with Crippen LogP contribution < -0.4 is 5.59 Å². The Hall–Kier alpha value is -0.305. The van der Waals surface area contributed by atoms with E-state index in [2.05, 4.69) is 59.2 Å². The number of rotatable bonds is 1. The van der Waals surface area contributed by atoms with Gasteiger partial charge in [0, 0.05) is 16.4 Å². The molecule has 0 aliphatic heterocycles. The van der Waals surface area contributed by atoms with Gasteiger partial charge in [0.1, 0.15) is 0 Å². The summed E-state index contributed by atoms with van der Waals surface area (Å²) < 4.78 is 0. The summed E-state index contributed by atoms with van der Waals surface area (Å²) in [6.07, 6.45) is 0. The first-order valence-electron chi connectivity index (χ1n) is 5.00. The highest BCUT2D eigenvalue weighted by atomic mass is 32.1. The molecule has 0 unspecified atom stereocenters. The molecule has 1 radical (unpaired) electrons. The Morgan fingerprint density at radius 2 is 1.71 bits per heavy atom. The molecule has 0 amide bonds. The average molecular weight is 208 g/mol. The summed E-state index contributed by atoms with van der Waals surface area (Å²) in [5.74, 6) is 0. The Balaban J connectivity index is 2.79. The van der Waals surface area contributed by atoms with E-state index in [1.807, 2.05) is 0 Å². The third-order valence-corrected chi connectivity index (χ3v) is 3.03. The standard InChI is InChI=1S/C11H19BNS/c1-10(2,3)9-13-8(7-14-9)12-11(4,5)6/h7H,1-6H3. The Kier molecular flexibility index (Phi) is 3.10. The molecule has 0 fully saturated rings. The van der Waals surface area contributed by atoms with Crippen LogP contribution in [0.25, 0.3) is 0 Å². The second-order valence-corrected chi connectivity index (χ2v) is 6.70. The summed E-state index contributed by atoms with van der Waals surface area (Å²) in [6.45, 7) is 13.2. The Morgan fingerprint density at radius 1 is 1.14 bits per heavy atom. The summed E-state index contributed by atoms with van der Waals surface area (Å²) >= 11 is 1.75. The van der Waals surface area contributed by atoms with E-state index in [9.17, 15) is 0 Å². The molecule has 1 nitrogen and oxygen atoms in total. The van der Waals surface area contributed by atoms with Crippen LogP contribution in [0.15, 0.2) is 5.38 Å². The van der Waals surface area contributed by atoms with Crippen LogP contribution in [0.4, 0.5) is 0 Å². The number of hydrogen-bond donors (Lipinski definition) is 0. The van der Waals surface area contributed by atoms with Gasteiger partial charge in [0.25, 0.3) is 0 Å². The molecule has 0 saturated heterocycles. The van der Waals surface area contributed by atoms with Gasteiger partial charge in [-0.15, -0.1) is 11.3 Å². The van der Waals surface area contributed by atoms with Gasteiger partial charge < -0.3 is 0 Å². The molecule has 77 valence electrons. The van der Waals surface area contributed by atoms with Crippen molar-refractivity contribution in [3.8, 4) is 0 Å². The highest BCUT2D eigenvalue weighted by Gasteiger charge is 2.20. The molecular formula is C11H19BNS. The van der Waals surface area contributed by atoms with Crippen molar-refractivity contribution in [3.05, 3.63) is 10.4 Å². The number of thiazole rings is 1. The van der Waals surface area contributed by atoms with Crippen LogP contribution in [0.2, 0.25) is 5.31 Å². The molecule has 1 aromatic heterocycles.